The van der Waals surface area contributed by atoms with Crippen LogP contribution in [0.25, 0.3) is 0 Å². The van der Waals surface area contributed by atoms with Crippen molar-refractivity contribution in [2.45, 2.75) is 19.1 Å². The molecule has 4 nitrogen and oxygen atoms in total. The number of hydrogen-bond acceptors (Lipinski definition) is 5. The summed E-state index contributed by atoms with van der Waals surface area (Å²) in [6.07, 6.45) is 2.07. The minimum Gasteiger partial charge on any atom is -0.462 e. The number of carbonyl (C=O) groups is 1. The molecule has 5 heteroatoms. The van der Waals surface area contributed by atoms with Crippen LogP contribution >= 0.6 is 11.8 Å². The molecule has 100 valence electrons. The number of ether oxygens (including phenoxy) is 1. The van der Waals surface area contributed by atoms with Crippen molar-refractivity contribution in [3.05, 3.63) is 23.8 Å². The molecule has 0 aliphatic heterocycles. The van der Waals surface area contributed by atoms with E-state index in [0.29, 0.717) is 23.1 Å². The number of benzene rings is 1. The predicted octanol–water partition coefficient (Wildman–Crippen LogP) is 2.61. The third kappa shape index (κ3) is 4.14. The van der Waals surface area contributed by atoms with Crippen molar-refractivity contribution in [2.24, 2.45) is 0 Å². The Morgan fingerprint density at radius 3 is 2.89 bits per heavy atom. The van der Waals surface area contributed by atoms with Crippen molar-refractivity contribution in [2.75, 3.05) is 30.5 Å². The number of rotatable bonds is 6. The van der Waals surface area contributed by atoms with E-state index in [1.807, 2.05) is 6.07 Å². The van der Waals surface area contributed by atoms with Gasteiger partial charge in [0.2, 0.25) is 0 Å². The van der Waals surface area contributed by atoms with Crippen LogP contribution in [-0.4, -0.2) is 30.6 Å². The van der Waals surface area contributed by atoms with E-state index in [1.165, 1.54) is 0 Å². The average molecular weight is 268 g/mol. The number of thioether (sulfide) groups is 1. The van der Waals surface area contributed by atoms with Gasteiger partial charge in [0.15, 0.2) is 0 Å². The molecule has 0 heterocycles. The molecule has 0 fully saturated rings. The molecular weight excluding hydrogens is 248 g/mol. The molecule has 1 atom stereocenters. The van der Waals surface area contributed by atoms with Gasteiger partial charge in [-0.2, -0.15) is 11.8 Å². The highest BCUT2D eigenvalue weighted by Gasteiger charge is 2.11. The van der Waals surface area contributed by atoms with Gasteiger partial charge in [-0.25, -0.2) is 4.79 Å². The van der Waals surface area contributed by atoms with Gasteiger partial charge in [-0.3, -0.25) is 0 Å². The highest BCUT2D eigenvalue weighted by atomic mass is 32.2. The molecule has 0 aromatic heterocycles. The van der Waals surface area contributed by atoms with E-state index < -0.39 is 0 Å². The SMILES string of the molecule is CCOC(=O)c1cc(NCC(C)SC)ccc1N. The van der Waals surface area contributed by atoms with E-state index in [-0.39, 0.29) is 5.97 Å². The van der Waals surface area contributed by atoms with Crippen molar-refractivity contribution < 1.29 is 9.53 Å². The Kier molecular flexibility index (Phi) is 5.85. The number of esters is 1. The summed E-state index contributed by atoms with van der Waals surface area (Å²) in [6.45, 7) is 5.10. The van der Waals surface area contributed by atoms with Gasteiger partial charge in [0.1, 0.15) is 0 Å². The van der Waals surface area contributed by atoms with Crippen molar-refractivity contribution in [1.29, 1.82) is 0 Å². The topological polar surface area (TPSA) is 64.3 Å². The molecule has 0 spiro atoms. The maximum absolute atomic E-state index is 11.7. The van der Waals surface area contributed by atoms with Crippen molar-refractivity contribution in [1.82, 2.24) is 0 Å². The third-order valence-corrected chi connectivity index (χ3v) is 3.52. The Morgan fingerprint density at radius 2 is 2.28 bits per heavy atom. The molecule has 0 amide bonds. The van der Waals surface area contributed by atoms with Crippen LogP contribution in [0.15, 0.2) is 18.2 Å². The molecule has 0 saturated carbocycles. The molecule has 1 aromatic rings. The number of hydrogen-bond donors (Lipinski definition) is 2. The van der Waals surface area contributed by atoms with Crippen LogP contribution in [-0.2, 0) is 4.74 Å². The van der Waals surface area contributed by atoms with Crippen LogP contribution in [0.3, 0.4) is 0 Å². The summed E-state index contributed by atoms with van der Waals surface area (Å²) in [5.74, 6) is -0.378. The van der Waals surface area contributed by atoms with E-state index in [2.05, 4.69) is 18.5 Å². The molecular formula is C13H20N2O2S. The molecule has 18 heavy (non-hydrogen) atoms. The summed E-state index contributed by atoms with van der Waals surface area (Å²) in [6, 6.07) is 5.32. The van der Waals surface area contributed by atoms with Gasteiger partial charge in [-0.05, 0) is 31.4 Å². The third-order valence-electron chi connectivity index (χ3n) is 2.54. The van der Waals surface area contributed by atoms with Gasteiger partial charge in [0, 0.05) is 23.2 Å². The first-order valence-corrected chi connectivity index (χ1v) is 7.20. The first-order chi connectivity index (χ1) is 8.58. The van der Waals surface area contributed by atoms with Crippen LogP contribution < -0.4 is 11.1 Å². The molecule has 0 aliphatic carbocycles. The molecule has 1 unspecified atom stereocenters. The standard InChI is InChI=1S/C13H20N2O2S/c1-4-17-13(16)11-7-10(5-6-12(11)14)15-8-9(2)18-3/h5-7,9,15H,4,8,14H2,1-3H3. The average Bonchev–Trinajstić information content (AvgIpc) is 2.37. The highest BCUT2D eigenvalue weighted by molar-refractivity contribution is 7.99. The van der Waals surface area contributed by atoms with Gasteiger partial charge in [-0.1, -0.05) is 6.92 Å². The Bertz CT molecular complexity index is 410. The van der Waals surface area contributed by atoms with Crippen molar-refractivity contribution in [3.8, 4) is 0 Å². The summed E-state index contributed by atoms with van der Waals surface area (Å²) in [4.78, 5) is 11.7. The number of anilines is 2. The van der Waals surface area contributed by atoms with Gasteiger partial charge in [-0.15, -0.1) is 0 Å². The fourth-order valence-corrected chi connectivity index (χ4v) is 1.65. The minimum absolute atomic E-state index is 0.347. The summed E-state index contributed by atoms with van der Waals surface area (Å²) in [5, 5.41) is 3.78. The lowest BCUT2D eigenvalue weighted by Crippen LogP contribution is -2.14. The maximum atomic E-state index is 11.7. The monoisotopic (exact) mass is 268 g/mol. The molecule has 0 radical (unpaired) electrons. The smallest absolute Gasteiger partial charge is 0.340 e. The van der Waals surface area contributed by atoms with Gasteiger partial charge in [0.05, 0.1) is 12.2 Å². The van der Waals surface area contributed by atoms with Crippen molar-refractivity contribution in [3.63, 3.8) is 0 Å². The first kappa shape index (κ1) is 14.7. The summed E-state index contributed by atoms with van der Waals surface area (Å²) >= 11 is 1.79. The zero-order valence-corrected chi connectivity index (χ0v) is 11.8. The largest absolute Gasteiger partial charge is 0.462 e. The number of nitrogens with one attached hydrogen (secondary N) is 1. The Labute approximate surface area is 112 Å². The zero-order chi connectivity index (χ0) is 13.5. The first-order valence-electron chi connectivity index (χ1n) is 5.91. The quantitative estimate of drug-likeness (QED) is 0.613. The van der Waals surface area contributed by atoms with Crippen LogP contribution in [0.1, 0.15) is 24.2 Å². The zero-order valence-electron chi connectivity index (χ0n) is 11.0. The van der Waals surface area contributed by atoms with Crippen LogP contribution in [0.4, 0.5) is 11.4 Å². The van der Waals surface area contributed by atoms with Crippen LogP contribution in [0.2, 0.25) is 0 Å². The Morgan fingerprint density at radius 1 is 1.56 bits per heavy atom. The van der Waals surface area contributed by atoms with Gasteiger partial charge in [0.25, 0.3) is 0 Å². The number of nitrogen functional groups attached to an aromatic ring is 1. The summed E-state index contributed by atoms with van der Waals surface area (Å²) in [7, 11) is 0. The number of nitrogens with two attached hydrogens (primary N) is 1. The van der Waals surface area contributed by atoms with E-state index in [9.17, 15) is 4.79 Å². The fourth-order valence-electron chi connectivity index (χ4n) is 1.40. The minimum atomic E-state index is -0.378. The van der Waals surface area contributed by atoms with Gasteiger partial charge < -0.3 is 15.8 Å². The second-order valence-electron chi connectivity index (χ2n) is 3.95. The fraction of sp³-hybridized carbons (Fsp3) is 0.462. The van der Waals surface area contributed by atoms with Crippen LogP contribution in [0, 0.1) is 0 Å². The normalized spacial score (nSPS) is 11.9. The van der Waals surface area contributed by atoms with E-state index in [1.54, 1.807) is 30.8 Å². The second-order valence-corrected chi connectivity index (χ2v) is 5.23. The lowest BCUT2D eigenvalue weighted by atomic mass is 10.1. The van der Waals surface area contributed by atoms with Gasteiger partial charge >= 0.3 is 5.97 Å². The number of carbonyl (C=O) groups excluding carboxylic acids is 1. The molecule has 0 bridgehead atoms. The molecule has 1 aromatic carbocycles. The molecule has 0 saturated heterocycles. The van der Waals surface area contributed by atoms with E-state index >= 15 is 0 Å². The van der Waals surface area contributed by atoms with E-state index in [4.69, 9.17) is 10.5 Å². The molecule has 0 aliphatic rings. The maximum Gasteiger partial charge on any atom is 0.340 e. The van der Waals surface area contributed by atoms with Crippen LogP contribution in [0.5, 0.6) is 0 Å². The summed E-state index contributed by atoms with van der Waals surface area (Å²) < 4.78 is 4.96. The Balaban J connectivity index is 2.77. The highest BCUT2D eigenvalue weighted by Crippen LogP contribution is 2.19. The molecule has 1 rings (SSSR count). The summed E-state index contributed by atoms with van der Waals surface area (Å²) in [5.41, 5.74) is 7.51. The second kappa shape index (κ2) is 7.16. The lowest BCUT2D eigenvalue weighted by Gasteiger charge is -2.13. The van der Waals surface area contributed by atoms with E-state index in [0.717, 1.165) is 12.2 Å². The van der Waals surface area contributed by atoms with Crippen molar-refractivity contribution >= 4 is 29.1 Å². The predicted molar refractivity (Wildman–Crippen MR) is 78.3 cm³/mol. The lowest BCUT2D eigenvalue weighted by molar-refractivity contribution is 0.0527. The Hall–Kier alpha value is -1.36. The molecule has 3 N–H and O–H groups in total.